The van der Waals surface area contributed by atoms with Gasteiger partial charge in [0.2, 0.25) is 0 Å². The second-order valence-corrected chi connectivity index (χ2v) is 6.19. The van der Waals surface area contributed by atoms with Crippen LogP contribution in [0.15, 0.2) is 24.3 Å². The zero-order valence-corrected chi connectivity index (χ0v) is 12.1. The standard InChI is InChI=1S/C15H16N2O4/c1-14(2,3)21-13(18)15(9-16)8-12(15)10-5-4-6-11(7-10)17(19)20/h4-7,12H,8H2,1-3H3/t12-,15+/m1/s1. The van der Waals surface area contributed by atoms with Crippen molar-refractivity contribution in [2.24, 2.45) is 5.41 Å². The van der Waals surface area contributed by atoms with Crippen LogP contribution < -0.4 is 0 Å². The van der Waals surface area contributed by atoms with E-state index < -0.39 is 21.9 Å². The van der Waals surface area contributed by atoms with E-state index in [0.29, 0.717) is 12.0 Å². The van der Waals surface area contributed by atoms with Crippen LogP contribution in [0.4, 0.5) is 5.69 Å². The first-order chi connectivity index (χ1) is 9.69. The van der Waals surface area contributed by atoms with Gasteiger partial charge in [-0.15, -0.1) is 0 Å². The first-order valence-electron chi connectivity index (χ1n) is 6.59. The number of nitro groups is 1. The number of nitro benzene ring substituents is 1. The molecule has 1 aromatic carbocycles. The number of carbonyl (C=O) groups is 1. The minimum atomic E-state index is -1.22. The van der Waals surface area contributed by atoms with Crippen LogP contribution in [0, 0.1) is 26.9 Å². The van der Waals surface area contributed by atoms with Gasteiger partial charge in [-0.25, -0.2) is 0 Å². The fourth-order valence-electron chi connectivity index (χ4n) is 2.28. The number of rotatable bonds is 3. The summed E-state index contributed by atoms with van der Waals surface area (Å²) < 4.78 is 5.29. The van der Waals surface area contributed by atoms with E-state index in [0.717, 1.165) is 0 Å². The van der Waals surface area contributed by atoms with Gasteiger partial charge in [0.1, 0.15) is 5.60 Å². The predicted molar refractivity (Wildman–Crippen MR) is 74.3 cm³/mol. The van der Waals surface area contributed by atoms with Crippen molar-refractivity contribution in [3.8, 4) is 6.07 Å². The lowest BCUT2D eigenvalue weighted by molar-refractivity contribution is -0.384. The molecule has 0 aliphatic heterocycles. The molecule has 0 saturated heterocycles. The van der Waals surface area contributed by atoms with Gasteiger partial charge in [0.15, 0.2) is 5.41 Å². The maximum absolute atomic E-state index is 12.2. The van der Waals surface area contributed by atoms with E-state index in [1.54, 1.807) is 32.9 Å². The molecule has 1 aliphatic carbocycles. The highest BCUT2D eigenvalue weighted by molar-refractivity contribution is 5.86. The molecule has 6 heteroatoms. The summed E-state index contributed by atoms with van der Waals surface area (Å²) in [6.45, 7) is 5.21. The van der Waals surface area contributed by atoms with Gasteiger partial charge in [-0.2, -0.15) is 5.26 Å². The molecule has 0 radical (unpaired) electrons. The highest BCUT2D eigenvalue weighted by atomic mass is 16.6. The monoisotopic (exact) mass is 288 g/mol. The summed E-state index contributed by atoms with van der Waals surface area (Å²) in [4.78, 5) is 22.5. The Kier molecular flexibility index (Phi) is 3.46. The average Bonchev–Trinajstić information content (AvgIpc) is 3.13. The molecule has 21 heavy (non-hydrogen) atoms. The molecular formula is C15H16N2O4. The Morgan fingerprint density at radius 2 is 2.19 bits per heavy atom. The highest BCUT2D eigenvalue weighted by Gasteiger charge is 2.63. The van der Waals surface area contributed by atoms with Gasteiger partial charge >= 0.3 is 5.97 Å². The molecule has 0 heterocycles. The molecule has 0 bridgehead atoms. The highest BCUT2D eigenvalue weighted by Crippen LogP contribution is 2.60. The van der Waals surface area contributed by atoms with Crippen LogP contribution in [-0.2, 0) is 9.53 Å². The van der Waals surface area contributed by atoms with Gasteiger partial charge in [-0.1, -0.05) is 12.1 Å². The Labute approximate surface area is 122 Å². The summed E-state index contributed by atoms with van der Waals surface area (Å²) in [6.07, 6.45) is 0.333. The Hall–Kier alpha value is -2.42. The Bertz CT molecular complexity index is 642. The molecule has 1 saturated carbocycles. The van der Waals surface area contributed by atoms with E-state index in [4.69, 9.17) is 4.74 Å². The lowest BCUT2D eigenvalue weighted by Gasteiger charge is -2.21. The minimum Gasteiger partial charge on any atom is -0.459 e. The summed E-state index contributed by atoms with van der Waals surface area (Å²) in [5.41, 5.74) is -1.31. The quantitative estimate of drug-likeness (QED) is 0.484. The van der Waals surface area contributed by atoms with Crippen molar-refractivity contribution in [3.05, 3.63) is 39.9 Å². The van der Waals surface area contributed by atoms with Gasteiger partial charge in [-0.05, 0) is 32.8 Å². The number of ether oxygens (including phenoxy) is 1. The first-order valence-corrected chi connectivity index (χ1v) is 6.59. The summed E-state index contributed by atoms with van der Waals surface area (Å²) in [6, 6.07) is 8.07. The van der Waals surface area contributed by atoms with Crippen LogP contribution in [0.1, 0.15) is 38.7 Å². The fourth-order valence-corrected chi connectivity index (χ4v) is 2.28. The zero-order valence-electron chi connectivity index (χ0n) is 12.1. The van der Waals surface area contributed by atoms with Crippen molar-refractivity contribution in [2.45, 2.75) is 38.7 Å². The zero-order chi connectivity index (χ0) is 15.8. The summed E-state index contributed by atoms with van der Waals surface area (Å²) in [7, 11) is 0. The van der Waals surface area contributed by atoms with E-state index in [1.165, 1.54) is 12.1 Å². The lowest BCUT2D eigenvalue weighted by atomic mass is 10.00. The number of hydrogen-bond acceptors (Lipinski definition) is 5. The fraction of sp³-hybridized carbons (Fsp3) is 0.467. The second-order valence-electron chi connectivity index (χ2n) is 6.19. The molecule has 0 spiro atoms. The number of hydrogen-bond donors (Lipinski definition) is 0. The molecule has 0 N–H and O–H groups in total. The number of non-ortho nitro benzene ring substituents is 1. The van der Waals surface area contributed by atoms with E-state index in [9.17, 15) is 20.2 Å². The molecule has 1 aromatic rings. The van der Waals surface area contributed by atoms with Crippen molar-refractivity contribution in [1.82, 2.24) is 0 Å². The number of nitrogens with zero attached hydrogens (tertiary/aromatic N) is 2. The SMILES string of the molecule is CC(C)(C)OC(=O)[C@]1(C#N)C[C@@H]1c1cccc([N+](=O)[O-])c1. The predicted octanol–water partition coefficient (Wildman–Crippen LogP) is 2.93. The number of benzene rings is 1. The maximum Gasteiger partial charge on any atom is 0.327 e. The molecular weight excluding hydrogens is 272 g/mol. The summed E-state index contributed by atoms with van der Waals surface area (Å²) in [5, 5.41) is 20.1. The van der Waals surface area contributed by atoms with E-state index in [-0.39, 0.29) is 11.6 Å². The molecule has 2 atom stereocenters. The van der Waals surface area contributed by atoms with E-state index in [2.05, 4.69) is 0 Å². The third kappa shape index (κ3) is 2.87. The minimum absolute atomic E-state index is 0.0459. The molecule has 1 aliphatic rings. The topological polar surface area (TPSA) is 93.2 Å². The van der Waals surface area contributed by atoms with E-state index in [1.807, 2.05) is 6.07 Å². The number of nitriles is 1. The van der Waals surface area contributed by atoms with Crippen LogP contribution >= 0.6 is 0 Å². The van der Waals surface area contributed by atoms with Crippen LogP contribution in [0.25, 0.3) is 0 Å². The Morgan fingerprint density at radius 3 is 2.71 bits per heavy atom. The smallest absolute Gasteiger partial charge is 0.327 e. The Morgan fingerprint density at radius 1 is 1.52 bits per heavy atom. The number of carbonyl (C=O) groups excluding carboxylic acids is 1. The summed E-state index contributed by atoms with van der Waals surface area (Å²) in [5.74, 6) is -0.911. The van der Waals surface area contributed by atoms with Crippen LogP contribution in [-0.4, -0.2) is 16.5 Å². The van der Waals surface area contributed by atoms with Gasteiger partial charge in [0.05, 0.1) is 11.0 Å². The average molecular weight is 288 g/mol. The summed E-state index contributed by atoms with van der Waals surface area (Å²) >= 11 is 0. The normalized spacial score (nSPS) is 24.0. The van der Waals surface area contributed by atoms with Crippen LogP contribution in [0.5, 0.6) is 0 Å². The Balaban J connectivity index is 2.25. The molecule has 0 amide bonds. The van der Waals surface area contributed by atoms with Crippen molar-refractivity contribution in [3.63, 3.8) is 0 Å². The van der Waals surface area contributed by atoms with Crippen LogP contribution in [0.3, 0.4) is 0 Å². The van der Waals surface area contributed by atoms with Crippen molar-refractivity contribution in [2.75, 3.05) is 0 Å². The van der Waals surface area contributed by atoms with Crippen molar-refractivity contribution < 1.29 is 14.5 Å². The molecule has 0 aromatic heterocycles. The molecule has 110 valence electrons. The van der Waals surface area contributed by atoms with Crippen molar-refractivity contribution in [1.29, 1.82) is 5.26 Å². The van der Waals surface area contributed by atoms with Crippen LogP contribution in [0.2, 0.25) is 0 Å². The van der Waals surface area contributed by atoms with Gasteiger partial charge in [0, 0.05) is 18.1 Å². The third-order valence-electron chi connectivity index (χ3n) is 3.41. The number of esters is 1. The van der Waals surface area contributed by atoms with E-state index >= 15 is 0 Å². The largest absolute Gasteiger partial charge is 0.459 e. The van der Waals surface area contributed by atoms with Gasteiger partial charge in [0.25, 0.3) is 5.69 Å². The lowest BCUT2D eigenvalue weighted by Crippen LogP contribution is -2.29. The second kappa shape index (κ2) is 4.85. The molecule has 6 nitrogen and oxygen atoms in total. The maximum atomic E-state index is 12.2. The van der Waals surface area contributed by atoms with Gasteiger partial charge in [-0.3, -0.25) is 14.9 Å². The molecule has 0 unspecified atom stereocenters. The first kappa shape index (κ1) is 15.0. The molecule has 2 rings (SSSR count). The third-order valence-corrected chi connectivity index (χ3v) is 3.41. The van der Waals surface area contributed by atoms with Crippen molar-refractivity contribution >= 4 is 11.7 Å². The molecule has 1 fully saturated rings. The van der Waals surface area contributed by atoms with Gasteiger partial charge < -0.3 is 4.74 Å².